The Morgan fingerprint density at radius 2 is 1.88 bits per heavy atom. The van der Waals surface area contributed by atoms with Crippen molar-refractivity contribution in [3.8, 4) is 5.75 Å². The van der Waals surface area contributed by atoms with E-state index in [4.69, 9.17) is 9.84 Å². The lowest BCUT2D eigenvalue weighted by molar-refractivity contribution is -0.137. The highest BCUT2D eigenvalue weighted by Gasteiger charge is 2.06. The summed E-state index contributed by atoms with van der Waals surface area (Å²) in [4.78, 5) is 10.4. The van der Waals surface area contributed by atoms with Crippen molar-refractivity contribution >= 4 is 5.97 Å². The Bertz CT molecular complexity index is 360. The molecule has 0 aliphatic heterocycles. The third kappa shape index (κ3) is 3.26. The molecule has 0 atom stereocenters. The fourth-order valence-electron chi connectivity index (χ4n) is 1.88. The predicted octanol–water partition coefficient (Wildman–Crippen LogP) is 2.72. The molecule has 0 aromatic heterocycles. The van der Waals surface area contributed by atoms with Crippen LogP contribution in [0.1, 0.15) is 29.5 Å². The van der Waals surface area contributed by atoms with Gasteiger partial charge in [0.1, 0.15) is 5.75 Å². The van der Waals surface area contributed by atoms with E-state index in [0.29, 0.717) is 6.42 Å². The van der Waals surface area contributed by atoms with Crippen molar-refractivity contribution in [1.82, 2.24) is 0 Å². The van der Waals surface area contributed by atoms with E-state index >= 15 is 0 Å². The Morgan fingerprint density at radius 1 is 1.31 bits per heavy atom. The van der Waals surface area contributed by atoms with Gasteiger partial charge in [-0.1, -0.05) is 0 Å². The van der Waals surface area contributed by atoms with Gasteiger partial charge in [0.25, 0.3) is 0 Å². The molecule has 3 nitrogen and oxygen atoms in total. The smallest absolute Gasteiger partial charge is 0.303 e. The minimum Gasteiger partial charge on any atom is -0.497 e. The summed E-state index contributed by atoms with van der Waals surface area (Å²) in [7, 11) is 1.65. The van der Waals surface area contributed by atoms with Crippen LogP contribution in [-0.2, 0) is 11.2 Å². The summed E-state index contributed by atoms with van der Waals surface area (Å²) in [6.07, 6.45) is 1.72. The molecule has 88 valence electrons. The lowest BCUT2D eigenvalue weighted by atomic mass is 9.97. The van der Waals surface area contributed by atoms with Gasteiger partial charge in [-0.2, -0.15) is 0 Å². The molecule has 3 heteroatoms. The average Bonchev–Trinajstić information content (AvgIpc) is 2.21. The SMILES string of the molecule is COc1cc(C)c(CCCC(=O)O)c(C)c1. The van der Waals surface area contributed by atoms with Crippen LogP contribution in [0.15, 0.2) is 12.1 Å². The minimum atomic E-state index is -0.733. The number of hydrogen-bond acceptors (Lipinski definition) is 2. The van der Waals surface area contributed by atoms with Crippen LogP contribution >= 0.6 is 0 Å². The number of carbonyl (C=O) groups is 1. The number of benzene rings is 1. The predicted molar refractivity (Wildman–Crippen MR) is 63.0 cm³/mol. The Balaban J connectivity index is 2.76. The molecule has 0 heterocycles. The van der Waals surface area contributed by atoms with E-state index in [2.05, 4.69) is 0 Å². The Labute approximate surface area is 96.1 Å². The molecule has 0 aliphatic carbocycles. The standard InChI is InChI=1S/C13H18O3/c1-9-7-11(16-3)8-10(2)12(9)5-4-6-13(14)15/h7-8H,4-6H2,1-3H3,(H,14,15). The maximum Gasteiger partial charge on any atom is 0.303 e. The summed E-state index contributed by atoms with van der Waals surface area (Å²) in [6.45, 7) is 4.07. The van der Waals surface area contributed by atoms with Gasteiger partial charge in [0.15, 0.2) is 0 Å². The van der Waals surface area contributed by atoms with Crippen molar-refractivity contribution in [3.63, 3.8) is 0 Å². The number of methoxy groups -OCH3 is 1. The van der Waals surface area contributed by atoms with Gasteiger partial charge in [-0.3, -0.25) is 4.79 Å². The molecule has 0 saturated heterocycles. The van der Waals surface area contributed by atoms with Crippen molar-refractivity contribution in [1.29, 1.82) is 0 Å². The zero-order valence-corrected chi connectivity index (χ0v) is 10.0. The lowest BCUT2D eigenvalue weighted by Gasteiger charge is -2.11. The second kappa shape index (κ2) is 5.54. The molecule has 0 fully saturated rings. The summed E-state index contributed by atoms with van der Waals surface area (Å²) in [6, 6.07) is 3.98. The first kappa shape index (κ1) is 12.6. The number of aliphatic carboxylic acids is 1. The molecule has 0 saturated carbocycles. The maximum atomic E-state index is 10.4. The first-order chi connectivity index (χ1) is 7.54. The molecule has 1 aromatic rings. The van der Waals surface area contributed by atoms with Gasteiger partial charge in [0.2, 0.25) is 0 Å². The first-order valence-corrected chi connectivity index (χ1v) is 5.40. The second-order valence-electron chi connectivity index (χ2n) is 3.99. The number of ether oxygens (including phenoxy) is 1. The highest BCUT2D eigenvalue weighted by Crippen LogP contribution is 2.23. The van der Waals surface area contributed by atoms with E-state index in [1.54, 1.807) is 7.11 Å². The number of rotatable bonds is 5. The molecule has 0 bridgehead atoms. The lowest BCUT2D eigenvalue weighted by Crippen LogP contribution is -1.99. The van der Waals surface area contributed by atoms with Crippen molar-refractivity contribution < 1.29 is 14.6 Å². The maximum absolute atomic E-state index is 10.4. The van der Waals surface area contributed by atoms with E-state index < -0.39 is 5.97 Å². The molecular formula is C13H18O3. The van der Waals surface area contributed by atoms with Crippen LogP contribution in [0.25, 0.3) is 0 Å². The van der Waals surface area contributed by atoms with Gasteiger partial charge in [0.05, 0.1) is 7.11 Å². The van der Waals surface area contributed by atoms with Crippen LogP contribution in [-0.4, -0.2) is 18.2 Å². The molecular weight excluding hydrogens is 204 g/mol. The zero-order valence-electron chi connectivity index (χ0n) is 10.0. The fourth-order valence-corrected chi connectivity index (χ4v) is 1.88. The fraction of sp³-hybridized carbons (Fsp3) is 0.462. The van der Waals surface area contributed by atoms with Crippen LogP contribution in [0.4, 0.5) is 0 Å². The van der Waals surface area contributed by atoms with Gasteiger partial charge >= 0.3 is 5.97 Å². The van der Waals surface area contributed by atoms with Crippen molar-refractivity contribution in [2.75, 3.05) is 7.11 Å². The summed E-state index contributed by atoms with van der Waals surface area (Å²) < 4.78 is 5.18. The van der Waals surface area contributed by atoms with Crippen LogP contribution in [0, 0.1) is 13.8 Å². The van der Waals surface area contributed by atoms with Crippen molar-refractivity contribution in [3.05, 3.63) is 28.8 Å². The number of aryl methyl sites for hydroxylation is 2. The van der Waals surface area contributed by atoms with E-state index in [1.165, 1.54) is 16.7 Å². The molecule has 1 N–H and O–H groups in total. The van der Waals surface area contributed by atoms with Crippen LogP contribution < -0.4 is 4.74 Å². The topological polar surface area (TPSA) is 46.5 Å². The van der Waals surface area contributed by atoms with E-state index in [9.17, 15) is 4.79 Å². The Kier molecular flexibility index (Phi) is 4.35. The van der Waals surface area contributed by atoms with Gasteiger partial charge in [-0.05, 0) is 55.5 Å². The zero-order chi connectivity index (χ0) is 12.1. The summed E-state index contributed by atoms with van der Waals surface area (Å²) in [5.74, 6) is 0.126. The van der Waals surface area contributed by atoms with Crippen LogP contribution in [0.3, 0.4) is 0 Å². The largest absolute Gasteiger partial charge is 0.497 e. The Hall–Kier alpha value is -1.51. The molecule has 0 radical (unpaired) electrons. The van der Waals surface area contributed by atoms with Crippen molar-refractivity contribution in [2.45, 2.75) is 33.1 Å². The molecule has 0 unspecified atom stereocenters. The van der Waals surface area contributed by atoms with E-state index in [0.717, 1.165) is 12.2 Å². The molecule has 0 aliphatic rings. The highest BCUT2D eigenvalue weighted by molar-refractivity contribution is 5.66. The molecule has 0 amide bonds. The third-order valence-electron chi connectivity index (χ3n) is 2.72. The van der Waals surface area contributed by atoms with Crippen LogP contribution in [0.2, 0.25) is 0 Å². The van der Waals surface area contributed by atoms with Gasteiger partial charge in [-0.15, -0.1) is 0 Å². The van der Waals surface area contributed by atoms with Gasteiger partial charge in [-0.25, -0.2) is 0 Å². The van der Waals surface area contributed by atoms with Gasteiger partial charge < -0.3 is 9.84 Å². The third-order valence-corrected chi connectivity index (χ3v) is 2.72. The molecule has 1 rings (SSSR count). The average molecular weight is 222 g/mol. The Morgan fingerprint density at radius 3 is 2.31 bits per heavy atom. The summed E-state index contributed by atoms with van der Waals surface area (Å²) >= 11 is 0. The van der Waals surface area contributed by atoms with E-state index in [1.807, 2.05) is 26.0 Å². The monoisotopic (exact) mass is 222 g/mol. The molecule has 1 aromatic carbocycles. The molecule has 16 heavy (non-hydrogen) atoms. The minimum absolute atomic E-state index is 0.227. The number of carboxylic acids is 1. The first-order valence-electron chi connectivity index (χ1n) is 5.40. The summed E-state index contributed by atoms with van der Waals surface area (Å²) in [5.41, 5.74) is 3.58. The van der Waals surface area contributed by atoms with Crippen LogP contribution in [0.5, 0.6) is 5.75 Å². The second-order valence-corrected chi connectivity index (χ2v) is 3.99. The highest BCUT2D eigenvalue weighted by atomic mass is 16.5. The molecule has 0 spiro atoms. The number of carboxylic acid groups (broad SMARTS) is 1. The van der Waals surface area contributed by atoms with Gasteiger partial charge in [0, 0.05) is 6.42 Å². The normalized spacial score (nSPS) is 10.2. The quantitative estimate of drug-likeness (QED) is 0.833. The number of hydrogen-bond donors (Lipinski definition) is 1. The van der Waals surface area contributed by atoms with Crippen molar-refractivity contribution in [2.24, 2.45) is 0 Å². The summed E-state index contributed by atoms with van der Waals surface area (Å²) in [5, 5.41) is 8.59. The van der Waals surface area contributed by atoms with E-state index in [-0.39, 0.29) is 6.42 Å².